The van der Waals surface area contributed by atoms with Crippen LogP contribution in [0, 0.1) is 12.7 Å². The molecule has 0 unspecified atom stereocenters. The Morgan fingerprint density at radius 1 is 1.36 bits per heavy atom. The highest BCUT2D eigenvalue weighted by Crippen LogP contribution is 2.19. The third-order valence-electron chi connectivity index (χ3n) is 3.91. The molecule has 1 aromatic carbocycles. The number of esters is 1. The second kappa shape index (κ2) is 8.75. The molecule has 3 rings (SSSR count). The van der Waals surface area contributed by atoms with E-state index in [0.717, 1.165) is 5.56 Å². The molecule has 0 aliphatic heterocycles. The van der Waals surface area contributed by atoms with Crippen molar-refractivity contribution < 1.29 is 23.2 Å². The Balaban J connectivity index is 1.47. The first kappa shape index (κ1) is 19.7. The zero-order valence-electron chi connectivity index (χ0n) is 15.3. The average molecular weight is 403 g/mol. The number of rotatable bonds is 7. The quantitative estimate of drug-likeness (QED) is 0.604. The Bertz CT molecular complexity index is 971. The molecule has 9 heteroatoms. The summed E-state index contributed by atoms with van der Waals surface area (Å²) in [5.74, 6) is -0.779. The van der Waals surface area contributed by atoms with Gasteiger partial charge in [-0.05, 0) is 43.0 Å². The molecule has 0 saturated carbocycles. The molecule has 0 bridgehead atoms. The minimum Gasteiger partial charge on any atom is -0.453 e. The lowest BCUT2D eigenvalue weighted by Crippen LogP contribution is -2.30. The Labute approximate surface area is 164 Å². The third-order valence-corrected chi connectivity index (χ3v) is 4.59. The van der Waals surface area contributed by atoms with Gasteiger partial charge in [-0.3, -0.25) is 9.59 Å². The Hall–Kier alpha value is -3.07. The minimum absolute atomic E-state index is 0.0119. The van der Waals surface area contributed by atoms with Crippen molar-refractivity contribution in [1.82, 2.24) is 10.1 Å². The molecule has 0 radical (unpaired) electrons. The number of carbonyl (C=O) groups is 2. The lowest BCUT2D eigenvalue weighted by Gasteiger charge is -2.13. The second-order valence-electron chi connectivity index (χ2n) is 6.11. The molecule has 1 N–H and O–H groups in total. The first-order chi connectivity index (χ1) is 13.4. The summed E-state index contributed by atoms with van der Waals surface area (Å²) in [6.45, 7) is 3.07. The zero-order chi connectivity index (χ0) is 20.1. The molecule has 1 amide bonds. The number of aromatic nitrogens is 2. The number of hydrogen-bond acceptors (Lipinski definition) is 7. The van der Waals surface area contributed by atoms with Crippen LogP contribution in [0.4, 0.5) is 10.1 Å². The molecule has 0 aliphatic rings. The number of thiophene rings is 1. The van der Waals surface area contributed by atoms with Crippen molar-refractivity contribution >= 4 is 28.9 Å². The summed E-state index contributed by atoms with van der Waals surface area (Å²) in [6.07, 6.45) is -0.837. The smallest absolute Gasteiger partial charge is 0.307 e. The highest BCUT2D eigenvalue weighted by molar-refractivity contribution is 7.08. The van der Waals surface area contributed by atoms with Crippen LogP contribution in [-0.2, 0) is 20.7 Å². The van der Waals surface area contributed by atoms with Gasteiger partial charge in [0, 0.05) is 23.1 Å². The third kappa shape index (κ3) is 5.01. The van der Waals surface area contributed by atoms with E-state index in [0.29, 0.717) is 23.0 Å². The number of benzene rings is 1. The van der Waals surface area contributed by atoms with Gasteiger partial charge in [0.15, 0.2) is 6.10 Å². The van der Waals surface area contributed by atoms with Crippen LogP contribution in [0.5, 0.6) is 0 Å². The van der Waals surface area contributed by atoms with Gasteiger partial charge in [0.2, 0.25) is 11.7 Å². The number of nitrogens with zero attached hydrogens (tertiary/aromatic N) is 2. The summed E-state index contributed by atoms with van der Waals surface area (Å²) in [5, 5.41) is 10.2. The highest BCUT2D eigenvalue weighted by atomic mass is 32.1. The molecule has 1 atom stereocenters. The van der Waals surface area contributed by atoms with Crippen LogP contribution in [0.2, 0.25) is 0 Å². The average Bonchev–Trinajstić information content (AvgIpc) is 3.34. The summed E-state index contributed by atoms with van der Waals surface area (Å²) in [4.78, 5) is 28.3. The van der Waals surface area contributed by atoms with Crippen LogP contribution in [-0.4, -0.2) is 28.1 Å². The number of amides is 1. The summed E-state index contributed by atoms with van der Waals surface area (Å²) in [5.41, 5.74) is 1.61. The predicted molar refractivity (Wildman–Crippen MR) is 101 cm³/mol. The molecule has 146 valence electrons. The van der Waals surface area contributed by atoms with E-state index in [-0.39, 0.29) is 12.8 Å². The SMILES string of the molecule is Cc1ccc(NC(=O)[C@@H](C)OC(=O)CCc2nc(-c3ccsc3)no2)cc1F. The normalized spacial score (nSPS) is 11.8. The molecule has 7 nitrogen and oxygen atoms in total. The van der Waals surface area contributed by atoms with Crippen LogP contribution in [0.25, 0.3) is 11.4 Å². The van der Waals surface area contributed by atoms with Gasteiger partial charge in [0.05, 0.1) is 6.42 Å². The fourth-order valence-electron chi connectivity index (χ4n) is 2.30. The van der Waals surface area contributed by atoms with E-state index in [1.54, 1.807) is 19.1 Å². The summed E-state index contributed by atoms with van der Waals surface area (Å²) >= 11 is 1.52. The van der Waals surface area contributed by atoms with Crippen LogP contribution in [0.15, 0.2) is 39.5 Å². The zero-order valence-corrected chi connectivity index (χ0v) is 16.1. The van der Waals surface area contributed by atoms with Crippen molar-refractivity contribution in [2.75, 3.05) is 5.32 Å². The molecule has 2 heterocycles. The van der Waals surface area contributed by atoms with E-state index < -0.39 is 23.8 Å². The largest absolute Gasteiger partial charge is 0.453 e. The van der Waals surface area contributed by atoms with E-state index in [2.05, 4.69) is 15.5 Å². The van der Waals surface area contributed by atoms with E-state index in [4.69, 9.17) is 9.26 Å². The maximum Gasteiger partial charge on any atom is 0.307 e. The van der Waals surface area contributed by atoms with Gasteiger partial charge < -0.3 is 14.6 Å². The molecular weight excluding hydrogens is 385 g/mol. The summed E-state index contributed by atoms with van der Waals surface area (Å²) in [6, 6.07) is 6.21. The van der Waals surface area contributed by atoms with Crippen molar-refractivity contribution in [1.29, 1.82) is 0 Å². The molecule has 0 spiro atoms. The van der Waals surface area contributed by atoms with Crippen LogP contribution >= 0.6 is 11.3 Å². The van der Waals surface area contributed by atoms with Gasteiger partial charge in [-0.25, -0.2) is 4.39 Å². The molecule has 0 aliphatic carbocycles. The van der Waals surface area contributed by atoms with Gasteiger partial charge >= 0.3 is 5.97 Å². The summed E-state index contributed by atoms with van der Waals surface area (Å²) < 4.78 is 23.8. The van der Waals surface area contributed by atoms with Crippen molar-refractivity contribution in [3.8, 4) is 11.4 Å². The fraction of sp³-hybridized carbons (Fsp3) is 0.263. The van der Waals surface area contributed by atoms with Gasteiger partial charge in [0.25, 0.3) is 5.91 Å². The van der Waals surface area contributed by atoms with Crippen molar-refractivity contribution in [2.24, 2.45) is 0 Å². The van der Waals surface area contributed by atoms with E-state index in [9.17, 15) is 14.0 Å². The minimum atomic E-state index is -1.03. The number of nitrogens with one attached hydrogen (secondary N) is 1. The molecular formula is C19H18FN3O4S. The number of hydrogen-bond donors (Lipinski definition) is 1. The molecule has 3 aromatic rings. The number of aryl methyl sites for hydroxylation is 2. The Morgan fingerprint density at radius 2 is 2.18 bits per heavy atom. The summed E-state index contributed by atoms with van der Waals surface area (Å²) in [7, 11) is 0. The second-order valence-corrected chi connectivity index (χ2v) is 6.89. The topological polar surface area (TPSA) is 94.3 Å². The van der Waals surface area contributed by atoms with Crippen LogP contribution < -0.4 is 5.32 Å². The van der Waals surface area contributed by atoms with E-state index in [1.165, 1.54) is 24.3 Å². The molecule has 2 aromatic heterocycles. The van der Waals surface area contributed by atoms with Gasteiger partial charge in [-0.1, -0.05) is 11.2 Å². The van der Waals surface area contributed by atoms with Gasteiger partial charge in [0.1, 0.15) is 5.82 Å². The van der Waals surface area contributed by atoms with Crippen molar-refractivity contribution in [3.05, 3.63) is 52.3 Å². The number of halogens is 1. The lowest BCUT2D eigenvalue weighted by atomic mass is 10.2. The fourth-order valence-corrected chi connectivity index (χ4v) is 2.93. The standard InChI is InChI=1S/C19H18FN3O4S/c1-11-3-4-14(9-15(11)20)21-19(25)12(2)26-17(24)6-5-16-22-18(23-27-16)13-7-8-28-10-13/h3-4,7-10,12H,5-6H2,1-2H3,(H,21,25)/t12-/m1/s1. The maximum absolute atomic E-state index is 13.5. The lowest BCUT2D eigenvalue weighted by molar-refractivity contribution is -0.153. The first-order valence-electron chi connectivity index (χ1n) is 8.54. The molecule has 0 fully saturated rings. The highest BCUT2D eigenvalue weighted by Gasteiger charge is 2.19. The molecule has 0 saturated heterocycles. The van der Waals surface area contributed by atoms with Crippen molar-refractivity contribution in [2.45, 2.75) is 32.8 Å². The van der Waals surface area contributed by atoms with E-state index in [1.807, 2.05) is 16.8 Å². The van der Waals surface area contributed by atoms with Gasteiger partial charge in [-0.2, -0.15) is 16.3 Å². The number of anilines is 1. The Morgan fingerprint density at radius 3 is 2.89 bits per heavy atom. The Kier molecular flexibility index (Phi) is 6.15. The first-order valence-corrected chi connectivity index (χ1v) is 9.48. The van der Waals surface area contributed by atoms with Crippen LogP contribution in [0.3, 0.4) is 0 Å². The number of carbonyl (C=O) groups excluding carboxylic acids is 2. The number of ether oxygens (including phenoxy) is 1. The monoisotopic (exact) mass is 403 g/mol. The van der Waals surface area contributed by atoms with Gasteiger partial charge in [-0.15, -0.1) is 0 Å². The predicted octanol–water partition coefficient (Wildman–Crippen LogP) is 3.75. The molecule has 28 heavy (non-hydrogen) atoms. The maximum atomic E-state index is 13.5. The van der Waals surface area contributed by atoms with Crippen LogP contribution in [0.1, 0.15) is 24.8 Å². The van der Waals surface area contributed by atoms with E-state index >= 15 is 0 Å². The van der Waals surface area contributed by atoms with Crippen molar-refractivity contribution in [3.63, 3.8) is 0 Å².